The molecular formula is C32H26ClNO5. The number of ether oxygens (including phenoxy) is 1. The number of aryl methyl sites for hydroxylation is 1. The second-order valence-electron chi connectivity index (χ2n) is 9.36. The molecule has 5 rings (SSSR count). The lowest BCUT2D eigenvalue weighted by atomic mass is 10.0. The molecular weight excluding hydrogens is 514 g/mol. The summed E-state index contributed by atoms with van der Waals surface area (Å²) in [5.41, 5.74) is 5.39. The number of carbonyl (C=O) groups excluding carboxylic acids is 1. The first-order chi connectivity index (χ1) is 18.8. The average molecular weight is 540 g/mol. The maximum Gasteiger partial charge on any atom is 0.326 e. The Morgan fingerprint density at radius 3 is 2.36 bits per heavy atom. The number of hydrogen-bond acceptors (Lipinski definition) is 4. The van der Waals surface area contributed by atoms with Crippen LogP contribution >= 0.6 is 11.6 Å². The number of aliphatic carboxylic acids is 1. The summed E-state index contributed by atoms with van der Waals surface area (Å²) in [6.07, 6.45) is 0.111. The molecule has 6 nitrogen and oxygen atoms in total. The van der Waals surface area contributed by atoms with Crippen LogP contribution in [0.2, 0.25) is 5.02 Å². The molecule has 0 radical (unpaired) electrons. The van der Waals surface area contributed by atoms with E-state index in [1.807, 2.05) is 55.5 Å². The molecule has 1 heterocycles. The lowest BCUT2D eigenvalue weighted by molar-refractivity contribution is -0.139. The zero-order chi connectivity index (χ0) is 27.4. The van der Waals surface area contributed by atoms with Crippen LogP contribution in [0.25, 0.3) is 22.1 Å². The van der Waals surface area contributed by atoms with Crippen molar-refractivity contribution >= 4 is 34.4 Å². The molecule has 2 N–H and O–H groups in total. The number of carbonyl (C=O) groups is 2. The van der Waals surface area contributed by atoms with Gasteiger partial charge in [0, 0.05) is 16.8 Å². The number of benzene rings is 4. The van der Waals surface area contributed by atoms with E-state index in [1.165, 1.54) is 5.56 Å². The number of furan rings is 1. The van der Waals surface area contributed by atoms with Gasteiger partial charge in [0.15, 0.2) is 5.76 Å². The van der Waals surface area contributed by atoms with E-state index in [9.17, 15) is 14.7 Å². The standard InChI is InChI=1S/C32H26ClNO5/c1-20-3-2-4-22(15-20)19-38-27-13-5-21(6-14-27)16-28(32(36)37)34-31(35)30-18-25-8-7-24(17-29(25)39-30)23-9-11-26(33)12-10-23/h2-15,17-18,28H,16,19H2,1H3,(H,34,35)(H,36,37). The van der Waals surface area contributed by atoms with Gasteiger partial charge in [-0.2, -0.15) is 0 Å². The monoisotopic (exact) mass is 539 g/mol. The van der Waals surface area contributed by atoms with Crippen LogP contribution in [0.3, 0.4) is 0 Å². The van der Waals surface area contributed by atoms with E-state index in [4.69, 9.17) is 20.8 Å². The molecule has 39 heavy (non-hydrogen) atoms. The Kier molecular flexibility index (Phi) is 7.66. The van der Waals surface area contributed by atoms with Crippen molar-refractivity contribution in [3.05, 3.63) is 125 Å². The van der Waals surface area contributed by atoms with Gasteiger partial charge in [0.2, 0.25) is 0 Å². The molecule has 0 bridgehead atoms. The molecule has 5 aromatic rings. The van der Waals surface area contributed by atoms with Gasteiger partial charge in [-0.1, -0.05) is 77.8 Å². The van der Waals surface area contributed by atoms with Crippen LogP contribution in [0.15, 0.2) is 101 Å². The third-order valence-electron chi connectivity index (χ3n) is 6.38. The highest BCUT2D eigenvalue weighted by Crippen LogP contribution is 2.28. The summed E-state index contributed by atoms with van der Waals surface area (Å²) < 4.78 is 11.6. The normalized spacial score (nSPS) is 11.7. The maximum absolute atomic E-state index is 12.9. The van der Waals surface area contributed by atoms with E-state index in [1.54, 1.807) is 42.5 Å². The minimum Gasteiger partial charge on any atom is -0.489 e. The quantitative estimate of drug-likeness (QED) is 0.209. The van der Waals surface area contributed by atoms with Gasteiger partial charge in [-0.25, -0.2) is 4.79 Å². The van der Waals surface area contributed by atoms with E-state index in [0.29, 0.717) is 23.0 Å². The molecule has 0 saturated carbocycles. The number of rotatable bonds is 9. The van der Waals surface area contributed by atoms with Crippen LogP contribution in [-0.4, -0.2) is 23.0 Å². The molecule has 0 aliphatic rings. The van der Waals surface area contributed by atoms with E-state index < -0.39 is 17.9 Å². The molecule has 1 unspecified atom stereocenters. The zero-order valence-electron chi connectivity index (χ0n) is 21.2. The largest absolute Gasteiger partial charge is 0.489 e. The summed E-state index contributed by atoms with van der Waals surface area (Å²) in [6.45, 7) is 2.47. The Balaban J connectivity index is 1.23. The molecule has 196 valence electrons. The molecule has 0 saturated heterocycles. The summed E-state index contributed by atoms with van der Waals surface area (Å²) in [5, 5.41) is 13.7. The second kappa shape index (κ2) is 11.5. The van der Waals surface area contributed by atoms with Gasteiger partial charge in [0.05, 0.1) is 0 Å². The summed E-state index contributed by atoms with van der Waals surface area (Å²) in [4.78, 5) is 24.8. The first-order valence-electron chi connectivity index (χ1n) is 12.4. The molecule has 4 aromatic carbocycles. The van der Waals surface area contributed by atoms with Gasteiger partial charge in [-0.05, 0) is 65.6 Å². The molecule has 0 aliphatic heterocycles. The van der Waals surface area contributed by atoms with Crippen LogP contribution < -0.4 is 10.1 Å². The zero-order valence-corrected chi connectivity index (χ0v) is 21.9. The van der Waals surface area contributed by atoms with Crippen LogP contribution in [0.1, 0.15) is 27.2 Å². The van der Waals surface area contributed by atoms with Gasteiger partial charge in [0.1, 0.15) is 24.0 Å². The summed E-state index contributed by atoms with van der Waals surface area (Å²) in [6, 6.07) is 28.8. The molecule has 0 aliphatic carbocycles. The molecule has 0 spiro atoms. The first kappa shape index (κ1) is 26.1. The lowest BCUT2D eigenvalue weighted by Crippen LogP contribution is -2.42. The first-order valence-corrected chi connectivity index (χ1v) is 12.8. The SMILES string of the molecule is Cc1cccc(COc2ccc(CC(NC(=O)c3cc4ccc(-c5ccc(Cl)cc5)cc4o3)C(=O)O)cc2)c1. The third kappa shape index (κ3) is 6.48. The van der Waals surface area contributed by atoms with Crippen molar-refractivity contribution in [1.29, 1.82) is 0 Å². The van der Waals surface area contributed by atoms with Gasteiger partial charge in [-0.15, -0.1) is 0 Å². The predicted molar refractivity (Wildman–Crippen MR) is 151 cm³/mol. The number of fused-ring (bicyclic) bond motifs is 1. The van der Waals surface area contributed by atoms with Crippen molar-refractivity contribution in [2.75, 3.05) is 0 Å². The fourth-order valence-electron chi connectivity index (χ4n) is 4.32. The Bertz CT molecular complexity index is 1620. The number of carboxylic acids is 1. The fourth-order valence-corrected chi connectivity index (χ4v) is 4.45. The van der Waals surface area contributed by atoms with Crippen LogP contribution in [0.5, 0.6) is 5.75 Å². The smallest absolute Gasteiger partial charge is 0.326 e. The third-order valence-corrected chi connectivity index (χ3v) is 6.63. The number of hydrogen-bond donors (Lipinski definition) is 2. The summed E-state index contributed by atoms with van der Waals surface area (Å²) >= 11 is 5.98. The van der Waals surface area contributed by atoms with E-state index in [0.717, 1.165) is 27.6 Å². The molecule has 0 fully saturated rings. The van der Waals surface area contributed by atoms with Gasteiger partial charge in [0.25, 0.3) is 5.91 Å². The number of halogens is 1. The topological polar surface area (TPSA) is 88.8 Å². The minimum absolute atomic E-state index is 0.0457. The minimum atomic E-state index is -1.13. The number of carboxylic acid groups (broad SMARTS) is 1. The molecule has 1 aromatic heterocycles. The van der Waals surface area contributed by atoms with E-state index in [-0.39, 0.29) is 12.2 Å². The Hall–Kier alpha value is -4.55. The Morgan fingerprint density at radius 2 is 1.64 bits per heavy atom. The van der Waals surface area contributed by atoms with Crippen molar-refractivity contribution in [2.45, 2.75) is 26.0 Å². The molecule has 1 atom stereocenters. The van der Waals surface area contributed by atoms with E-state index in [2.05, 4.69) is 11.4 Å². The van der Waals surface area contributed by atoms with E-state index >= 15 is 0 Å². The highest BCUT2D eigenvalue weighted by molar-refractivity contribution is 6.30. The number of amides is 1. The van der Waals surface area contributed by atoms with Crippen LogP contribution in [0.4, 0.5) is 0 Å². The summed E-state index contributed by atoms with van der Waals surface area (Å²) in [5.74, 6) is -1.00. The van der Waals surface area contributed by atoms with Gasteiger partial charge >= 0.3 is 5.97 Å². The average Bonchev–Trinajstić information content (AvgIpc) is 3.36. The maximum atomic E-state index is 12.9. The molecule has 7 heteroatoms. The summed E-state index contributed by atoms with van der Waals surface area (Å²) in [7, 11) is 0. The highest BCUT2D eigenvalue weighted by Gasteiger charge is 2.23. The Morgan fingerprint density at radius 1 is 0.897 bits per heavy atom. The van der Waals surface area contributed by atoms with Crippen LogP contribution in [-0.2, 0) is 17.8 Å². The number of nitrogens with one attached hydrogen (secondary N) is 1. The lowest BCUT2D eigenvalue weighted by Gasteiger charge is -2.14. The Labute approximate surface area is 230 Å². The van der Waals surface area contributed by atoms with Crippen molar-refractivity contribution in [1.82, 2.24) is 5.32 Å². The van der Waals surface area contributed by atoms with Gasteiger partial charge in [-0.3, -0.25) is 4.79 Å². The van der Waals surface area contributed by atoms with Crippen molar-refractivity contribution in [2.24, 2.45) is 0 Å². The van der Waals surface area contributed by atoms with Gasteiger partial charge < -0.3 is 19.6 Å². The highest BCUT2D eigenvalue weighted by atomic mass is 35.5. The van der Waals surface area contributed by atoms with Crippen LogP contribution in [0, 0.1) is 6.92 Å². The molecule has 1 amide bonds. The predicted octanol–water partition coefficient (Wildman–Crippen LogP) is 7.07. The van der Waals surface area contributed by atoms with Crippen molar-refractivity contribution < 1.29 is 23.8 Å². The fraction of sp³-hybridized carbons (Fsp3) is 0.125. The second-order valence-corrected chi connectivity index (χ2v) is 9.80. The van der Waals surface area contributed by atoms with Crippen molar-refractivity contribution in [3.8, 4) is 16.9 Å². The van der Waals surface area contributed by atoms with Crippen molar-refractivity contribution in [3.63, 3.8) is 0 Å².